The Hall–Kier alpha value is -2.29. The summed E-state index contributed by atoms with van der Waals surface area (Å²) in [4.78, 5) is 7.52. The maximum absolute atomic E-state index is 4.31. The van der Waals surface area contributed by atoms with Crippen LogP contribution in [0.25, 0.3) is 11.0 Å². The number of nitrogens with zero attached hydrogens (tertiary/aromatic N) is 1. The molecule has 0 amide bonds. The van der Waals surface area contributed by atoms with Gasteiger partial charge in [-0.2, -0.15) is 0 Å². The Morgan fingerprint density at radius 3 is 2.76 bits per heavy atom. The standard InChI is InChI=1S/C18H21N3/c1-3-13(2)14-6-8-16(9-7-14)20-11-15-12-21-18-17(15)5-4-10-19-18/h4-10,12-13,20H,3,11H2,1-2H3,(H,19,21). The fourth-order valence-corrected chi connectivity index (χ4v) is 2.52. The van der Waals surface area contributed by atoms with Gasteiger partial charge in [-0.3, -0.25) is 0 Å². The molecule has 3 nitrogen and oxygen atoms in total. The topological polar surface area (TPSA) is 40.7 Å². The van der Waals surface area contributed by atoms with Crippen molar-refractivity contribution in [2.24, 2.45) is 0 Å². The first kappa shape index (κ1) is 13.7. The van der Waals surface area contributed by atoms with Crippen LogP contribution >= 0.6 is 0 Å². The average molecular weight is 279 g/mol. The molecule has 3 heteroatoms. The summed E-state index contributed by atoms with van der Waals surface area (Å²) < 4.78 is 0. The fraction of sp³-hybridized carbons (Fsp3) is 0.278. The lowest BCUT2D eigenvalue weighted by Crippen LogP contribution is -1.99. The predicted octanol–water partition coefficient (Wildman–Crippen LogP) is 4.69. The zero-order chi connectivity index (χ0) is 14.7. The van der Waals surface area contributed by atoms with E-state index in [2.05, 4.69) is 59.5 Å². The number of benzene rings is 1. The second kappa shape index (κ2) is 6.00. The Bertz CT molecular complexity index is 713. The number of hydrogen-bond donors (Lipinski definition) is 2. The van der Waals surface area contributed by atoms with Crippen molar-refractivity contribution in [3.63, 3.8) is 0 Å². The first-order valence-corrected chi connectivity index (χ1v) is 7.52. The summed E-state index contributed by atoms with van der Waals surface area (Å²) in [6.45, 7) is 5.29. The molecule has 1 unspecified atom stereocenters. The zero-order valence-corrected chi connectivity index (χ0v) is 12.6. The van der Waals surface area contributed by atoms with Crippen molar-refractivity contribution in [1.29, 1.82) is 0 Å². The van der Waals surface area contributed by atoms with Gasteiger partial charge in [0.1, 0.15) is 5.65 Å². The molecule has 0 spiro atoms. The van der Waals surface area contributed by atoms with Gasteiger partial charge in [-0.25, -0.2) is 4.98 Å². The molecule has 0 radical (unpaired) electrons. The molecule has 3 aromatic rings. The van der Waals surface area contributed by atoms with Gasteiger partial charge in [0.05, 0.1) is 0 Å². The number of fused-ring (bicyclic) bond motifs is 1. The Labute approximate surface area is 125 Å². The van der Waals surface area contributed by atoms with E-state index < -0.39 is 0 Å². The van der Waals surface area contributed by atoms with E-state index in [4.69, 9.17) is 0 Å². The van der Waals surface area contributed by atoms with Crippen LogP contribution in [0, 0.1) is 0 Å². The van der Waals surface area contributed by atoms with Gasteiger partial charge >= 0.3 is 0 Å². The van der Waals surface area contributed by atoms with Crippen LogP contribution in [0.3, 0.4) is 0 Å². The maximum atomic E-state index is 4.31. The zero-order valence-electron chi connectivity index (χ0n) is 12.6. The minimum absolute atomic E-state index is 0.624. The lowest BCUT2D eigenvalue weighted by Gasteiger charge is -2.11. The quantitative estimate of drug-likeness (QED) is 0.711. The van der Waals surface area contributed by atoms with Gasteiger partial charge in [-0.05, 0) is 47.7 Å². The van der Waals surface area contributed by atoms with Crippen LogP contribution in [0.5, 0.6) is 0 Å². The summed E-state index contributed by atoms with van der Waals surface area (Å²) in [5.41, 5.74) is 4.74. The molecule has 3 rings (SSSR count). The van der Waals surface area contributed by atoms with Gasteiger partial charge in [0, 0.05) is 30.0 Å². The average Bonchev–Trinajstić information content (AvgIpc) is 2.96. The van der Waals surface area contributed by atoms with Crippen LogP contribution < -0.4 is 5.32 Å². The number of H-pyrrole nitrogens is 1. The summed E-state index contributed by atoms with van der Waals surface area (Å²) in [5.74, 6) is 0.624. The van der Waals surface area contributed by atoms with Crippen molar-refractivity contribution in [3.8, 4) is 0 Å². The van der Waals surface area contributed by atoms with Crippen molar-refractivity contribution >= 4 is 16.7 Å². The molecule has 0 saturated heterocycles. The number of pyridine rings is 1. The van der Waals surface area contributed by atoms with Crippen LogP contribution in [0.4, 0.5) is 5.69 Å². The maximum Gasteiger partial charge on any atom is 0.137 e. The molecule has 1 atom stereocenters. The molecule has 0 aliphatic carbocycles. The van der Waals surface area contributed by atoms with E-state index in [1.54, 1.807) is 0 Å². The summed E-state index contributed by atoms with van der Waals surface area (Å²) in [5, 5.41) is 4.66. The minimum atomic E-state index is 0.624. The third-order valence-electron chi connectivity index (χ3n) is 4.11. The van der Waals surface area contributed by atoms with Crippen molar-refractivity contribution in [2.45, 2.75) is 32.7 Å². The Kier molecular flexibility index (Phi) is 3.91. The molecule has 0 fully saturated rings. The molecular weight excluding hydrogens is 258 g/mol. The molecular formula is C18H21N3. The van der Waals surface area contributed by atoms with Crippen molar-refractivity contribution < 1.29 is 0 Å². The largest absolute Gasteiger partial charge is 0.381 e. The number of aromatic nitrogens is 2. The van der Waals surface area contributed by atoms with Gasteiger partial charge in [-0.15, -0.1) is 0 Å². The van der Waals surface area contributed by atoms with E-state index in [1.807, 2.05) is 18.5 Å². The van der Waals surface area contributed by atoms with Gasteiger partial charge in [0.2, 0.25) is 0 Å². The van der Waals surface area contributed by atoms with Gasteiger partial charge in [0.25, 0.3) is 0 Å². The van der Waals surface area contributed by atoms with E-state index in [9.17, 15) is 0 Å². The van der Waals surface area contributed by atoms with Crippen molar-refractivity contribution in [1.82, 2.24) is 9.97 Å². The molecule has 2 N–H and O–H groups in total. The molecule has 0 aliphatic heterocycles. The van der Waals surface area contributed by atoms with Crippen LogP contribution in [0.2, 0.25) is 0 Å². The van der Waals surface area contributed by atoms with E-state index in [-0.39, 0.29) is 0 Å². The molecule has 1 aromatic carbocycles. The smallest absolute Gasteiger partial charge is 0.137 e. The number of hydrogen-bond acceptors (Lipinski definition) is 2. The lowest BCUT2D eigenvalue weighted by atomic mass is 9.99. The molecule has 108 valence electrons. The minimum Gasteiger partial charge on any atom is -0.381 e. The number of rotatable bonds is 5. The van der Waals surface area contributed by atoms with E-state index in [0.29, 0.717) is 5.92 Å². The monoisotopic (exact) mass is 279 g/mol. The Morgan fingerprint density at radius 2 is 2.00 bits per heavy atom. The molecule has 21 heavy (non-hydrogen) atoms. The molecule has 0 aliphatic rings. The Morgan fingerprint density at radius 1 is 1.19 bits per heavy atom. The highest BCUT2D eigenvalue weighted by atomic mass is 14.9. The highest BCUT2D eigenvalue weighted by molar-refractivity contribution is 5.79. The van der Waals surface area contributed by atoms with Crippen LogP contribution in [0.1, 0.15) is 37.3 Å². The normalized spacial score (nSPS) is 12.5. The van der Waals surface area contributed by atoms with Gasteiger partial charge < -0.3 is 10.3 Å². The lowest BCUT2D eigenvalue weighted by molar-refractivity contribution is 0.734. The molecule has 0 saturated carbocycles. The molecule has 0 bridgehead atoms. The SMILES string of the molecule is CCC(C)c1ccc(NCc2c[nH]c3ncccc23)cc1. The summed E-state index contributed by atoms with van der Waals surface area (Å²) >= 11 is 0. The van der Waals surface area contributed by atoms with Crippen LogP contribution in [0.15, 0.2) is 48.8 Å². The third-order valence-corrected chi connectivity index (χ3v) is 4.11. The van der Waals surface area contributed by atoms with Crippen molar-refractivity contribution in [3.05, 3.63) is 59.9 Å². The first-order chi connectivity index (χ1) is 10.3. The van der Waals surface area contributed by atoms with E-state index >= 15 is 0 Å². The van der Waals surface area contributed by atoms with Gasteiger partial charge in [-0.1, -0.05) is 26.0 Å². The highest BCUT2D eigenvalue weighted by Crippen LogP contribution is 2.21. The van der Waals surface area contributed by atoms with Crippen LogP contribution in [-0.2, 0) is 6.54 Å². The first-order valence-electron chi connectivity index (χ1n) is 7.52. The van der Waals surface area contributed by atoms with E-state index in [0.717, 1.165) is 17.9 Å². The predicted molar refractivity (Wildman–Crippen MR) is 88.6 cm³/mol. The number of aromatic amines is 1. The van der Waals surface area contributed by atoms with E-state index in [1.165, 1.54) is 22.9 Å². The van der Waals surface area contributed by atoms with Crippen molar-refractivity contribution in [2.75, 3.05) is 5.32 Å². The molecule has 2 aromatic heterocycles. The number of anilines is 1. The highest BCUT2D eigenvalue weighted by Gasteiger charge is 2.05. The van der Waals surface area contributed by atoms with Crippen LogP contribution in [-0.4, -0.2) is 9.97 Å². The Balaban J connectivity index is 1.70. The number of nitrogens with one attached hydrogen (secondary N) is 2. The fourth-order valence-electron chi connectivity index (χ4n) is 2.52. The summed E-state index contributed by atoms with van der Waals surface area (Å²) in [6, 6.07) is 12.8. The summed E-state index contributed by atoms with van der Waals surface area (Å²) in [6.07, 6.45) is 5.01. The second-order valence-corrected chi connectivity index (χ2v) is 5.50. The second-order valence-electron chi connectivity index (χ2n) is 5.50. The third kappa shape index (κ3) is 2.92. The van der Waals surface area contributed by atoms with Gasteiger partial charge in [0.15, 0.2) is 0 Å². The summed E-state index contributed by atoms with van der Waals surface area (Å²) in [7, 11) is 0. The molecule has 2 heterocycles.